The van der Waals surface area contributed by atoms with Gasteiger partial charge in [0, 0.05) is 11.3 Å². The van der Waals surface area contributed by atoms with Crippen LogP contribution in [0, 0.1) is 0 Å². The molecule has 216 valence electrons. The Bertz CT molecular complexity index is 1510. The quantitative estimate of drug-likeness (QED) is 0.216. The van der Waals surface area contributed by atoms with Crippen molar-refractivity contribution >= 4 is 11.6 Å². The summed E-state index contributed by atoms with van der Waals surface area (Å²) in [4.78, 5) is 15.6. The zero-order valence-electron chi connectivity index (χ0n) is 23.4. The smallest absolute Gasteiger partial charge is 0.416 e. The first-order valence-electron chi connectivity index (χ1n) is 13.9. The van der Waals surface area contributed by atoms with Gasteiger partial charge in [-0.1, -0.05) is 79.4 Å². The molecule has 42 heavy (non-hydrogen) atoms. The maximum Gasteiger partial charge on any atom is 0.416 e. The molecule has 4 aromatic rings. The first kappa shape index (κ1) is 29.1. The van der Waals surface area contributed by atoms with E-state index in [9.17, 15) is 18.0 Å². The number of hydrogen-bond acceptors (Lipinski definition) is 3. The van der Waals surface area contributed by atoms with Gasteiger partial charge < -0.3 is 10.1 Å². The van der Waals surface area contributed by atoms with Crippen LogP contribution in [0.2, 0.25) is 0 Å². The third-order valence-electron chi connectivity index (χ3n) is 7.91. The molecule has 7 heteroatoms. The number of halogens is 3. The molecule has 0 saturated carbocycles. The van der Waals surface area contributed by atoms with Gasteiger partial charge in [-0.25, -0.2) is 0 Å². The molecule has 0 unspecified atom stereocenters. The fraction of sp³-hybridized carbons (Fsp3) is 0.229. The van der Waals surface area contributed by atoms with Gasteiger partial charge in [0.05, 0.1) is 18.7 Å². The highest BCUT2D eigenvalue weighted by atomic mass is 19.4. The standard InChI is InChI=1S/C35H33F3N2O2/c1-24(42-2)33(28-8-4-3-5-9-28)40-22-20-26(21-23-40)25-14-18-30(19-15-25)39-34(41)32-11-7-6-10-31(32)27-12-16-29(17-13-27)35(36,37)38/h3-19,26,33H,1,20-23H2,2H3,(H,39,41)/t33-/m0/s1. The van der Waals surface area contributed by atoms with Crippen LogP contribution >= 0.6 is 0 Å². The maximum atomic E-state index is 13.2. The van der Waals surface area contributed by atoms with Crippen molar-refractivity contribution in [2.45, 2.75) is 31.0 Å². The zero-order valence-corrected chi connectivity index (χ0v) is 23.4. The monoisotopic (exact) mass is 570 g/mol. The molecular formula is C35H33F3N2O2. The van der Waals surface area contributed by atoms with Gasteiger partial charge >= 0.3 is 6.18 Å². The maximum absolute atomic E-state index is 13.2. The molecule has 0 radical (unpaired) electrons. The number of piperidine rings is 1. The average molecular weight is 571 g/mol. The minimum absolute atomic E-state index is 0.0141. The van der Waals surface area contributed by atoms with Crippen molar-refractivity contribution in [3.8, 4) is 11.1 Å². The summed E-state index contributed by atoms with van der Waals surface area (Å²) in [5.41, 5.74) is 3.82. The number of amides is 1. The van der Waals surface area contributed by atoms with E-state index in [1.54, 1.807) is 31.4 Å². The Morgan fingerprint density at radius 1 is 0.881 bits per heavy atom. The number of anilines is 1. The van der Waals surface area contributed by atoms with E-state index in [1.165, 1.54) is 23.3 Å². The van der Waals surface area contributed by atoms with Crippen molar-refractivity contribution in [1.82, 2.24) is 4.90 Å². The van der Waals surface area contributed by atoms with Crippen LogP contribution in [0.5, 0.6) is 0 Å². The number of likely N-dealkylation sites (tertiary alicyclic amines) is 1. The highest BCUT2D eigenvalue weighted by molar-refractivity contribution is 6.08. The Kier molecular flexibility index (Phi) is 8.78. The molecule has 5 rings (SSSR count). The number of ether oxygens (including phenoxy) is 1. The summed E-state index contributed by atoms with van der Waals surface area (Å²) in [6.45, 7) is 5.97. The summed E-state index contributed by atoms with van der Waals surface area (Å²) < 4.78 is 44.5. The van der Waals surface area contributed by atoms with Crippen LogP contribution in [-0.4, -0.2) is 31.0 Å². The van der Waals surface area contributed by atoms with Crippen LogP contribution in [0.3, 0.4) is 0 Å². The van der Waals surface area contributed by atoms with Crippen LogP contribution in [0.1, 0.15) is 51.8 Å². The molecule has 1 heterocycles. The van der Waals surface area contributed by atoms with E-state index >= 15 is 0 Å². The molecule has 1 fully saturated rings. The van der Waals surface area contributed by atoms with Crippen molar-refractivity contribution in [2.75, 3.05) is 25.5 Å². The van der Waals surface area contributed by atoms with Gasteiger partial charge in [0.25, 0.3) is 5.91 Å². The largest absolute Gasteiger partial charge is 0.500 e. The summed E-state index contributed by atoms with van der Waals surface area (Å²) >= 11 is 0. The van der Waals surface area contributed by atoms with Crippen molar-refractivity contribution < 1.29 is 22.7 Å². The van der Waals surface area contributed by atoms with Gasteiger partial charge in [-0.05, 0) is 84.4 Å². The minimum atomic E-state index is -4.41. The predicted octanol–water partition coefficient (Wildman–Crippen LogP) is 8.71. The average Bonchev–Trinajstić information content (AvgIpc) is 3.02. The first-order chi connectivity index (χ1) is 20.2. The van der Waals surface area contributed by atoms with Crippen molar-refractivity contribution in [3.05, 3.63) is 138 Å². The van der Waals surface area contributed by atoms with E-state index in [4.69, 9.17) is 4.74 Å². The molecule has 1 saturated heterocycles. The number of nitrogens with zero attached hydrogens (tertiary/aromatic N) is 1. The number of alkyl halides is 3. The van der Waals surface area contributed by atoms with Gasteiger partial charge in [-0.15, -0.1) is 0 Å². The molecule has 0 aliphatic carbocycles. The van der Waals surface area contributed by atoms with Crippen molar-refractivity contribution in [3.63, 3.8) is 0 Å². The van der Waals surface area contributed by atoms with Gasteiger partial charge in [-0.3, -0.25) is 9.69 Å². The summed E-state index contributed by atoms with van der Waals surface area (Å²) in [5.74, 6) is 0.815. The topological polar surface area (TPSA) is 41.6 Å². The van der Waals surface area contributed by atoms with E-state index in [1.807, 2.05) is 30.3 Å². The summed E-state index contributed by atoms with van der Waals surface area (Å²) in [7, 11) is 1.67. The molecular weight excluding hydrogens is 537 g/mol. The second kappa shape index (κ2) is 12.7. The Morgan fingerprint density at radius 3 is 2.12 bits per heavy atom. The SMILES string of the molecule is C=C(OC)[C@@H](c1ccccc1)N1CCC(c2ccc(NC(=O)c3ccccc3-c3ccc(C(F)(F)F)cc3)cc2)CC1. The number of methoxy groups -OCH3 is 1. The van der Waals surface area contributed by atoms with Crippen LogP contribution in [-0.2, 0) is 10.9 Å². The lowest BCUT2D eigenvalue weighted by Crippen LogP contribution is -2.37. The number of benzene rings is 4. The molecule has 1 amide bonds. The lowest BCUT2D eigenvalue weighted by Gasteiger charge is -2.38. The molecule has 0 spiro atoms. The van der Waals surface area contributed by atoms with Crippen LogP contribution in [0.4, 0.5) is 18.9 Å². The van der Waals surface area contributed by atoms with Crippen molar-refractivity contribution in [1.29, 1.82) is 0 Å². The molecule has 4 aromatic carbocycles. The Balaban J connectivity index is 1.23. The lowest BCUT2D eigenvalue weighted by molar-refractivity contribution is -0.137. The van der Waals surface area contributed by atoms with E-state index in [2.05, 4.69) is 41.1 Å². The fourth-order valence-electron chi connectivity index (χ4n) is 5.65. The fourth-order valence-corrected chi connectivity index (χ4v) is 5.65. The number of hydrogen-bond donors (Lipinski definition) is 1. The van der Waals surface area contributed by atoms with E-state index in [0.29, 0.717) is 28.3 Å². The van der Waals surface area contributed by atoms with Crippen LogP contribution in [0.25, 0.3) is 11.1 Å². The summed E-state index contributed by atoms with van der Waals surface area (Å²) in [6.07, 6.45) is -2.43. The Labute approximate surface area is 244 Å². The number of carbonyl (C=O) groups is 1. The Hall–Kier alpha value is -4.36. The molecule has 4 nitrogen and oxygen atoms in total. The van der Waals surface area contributed by atoms with Crippen LogP contribution in [0.15, 0.2) is 115 Å². The number of rotatable bonds is 8. The Morgan fingerprint density at radius 2 is 1.50 bits per heavy atom. The highest BCUT2D eigenvalue weighted by Crippen LogP contribution is 2.36. The second-order valence-corrected chi connectivity index (χ2v) is 10.5. The van der Waals surface area contributed by atoms with Gasteiger partial charge in [0.1, 0.15) is 5.76 Å². The first-order valence-corrected chi connectivity index (χ1v) is 13.9. The van der Waals surface area contributed by atoms with Gasteiger partial charge in [-0.2, -0.15) is 13.2 Å². The van der Waals surface area contributed by atoms with E-state index in [0.717, 1.165) is 43.8 Å². The van der Waals surface area contributed by atoms with Gasteiger partial charge in [0.2, 0.25) is 0 Å². The predicted molar refractivity (Wildman–Crippen MR) is 160 cm³/mol. The molecule has 0 bridgehead atoms. The molecule has 1 aliphatic heterocycles. The zero-order chi connectivity index (χ0) is 29.7. The van der Waals surface area contributed by atoms with Crippen LogP contribution < -0.4 is 5.32 Å². The summed E-state index contributed by atoms with van der Waals surface area (Å²) in [6, 6.07) is 30.0. The summed E-state index contributed by atoms with van der Waals surface area (Å²) in [5, 5.41) is 2.94. The molecule has 1 N–H and O–H groups in total. The second-order valence-electron chi connectivity index (χ2n) is 10.5. The third kappa shape index (κ3) is 6.58. The number of carbonyl (C=O) groups excluding carboxylic acids is 1. The number of nitrogens with one attached hydrogen (secondary N) is 1. The molecule has 1 atom stereocenters. The molecule has 1 aliphatic rings. The normalized spacial score (nSPS) is 15.1. The molecule has 0 aromatic heterocycles. The van der Waals surface area contributed by atoms with E-state index in [-0.39, 0.29) is 11.9 Å². The lowest BCUT2D eigenvalue weighted by atomic mass is 9.88. The highest BCUT2D eigenvalue weighted by Gasteiger charge is 2.31. The van der Waals surface area contributed by atoms with Crippen molar-refractivity contribution in [2.24, 2.45) is 0 Å². The van der Waals surface area contributed by atoms with Gasteiger partial charge in [0.15, 0.2) is 0 Å². The third-order valence-corrected chi connectivity index (χ3v) is 7.91. The minimum Gasteiger partial charge on any atom is -0.500 e. The van der Waals surface area contributed by atoms with E-state index < -0.39 is 11.7 Å².